The van der Waals surface area contributed by atoms with Crippen LogP contribution in [0, 0.1) is 0 Å². The standard InChI is InChI=1S/C13H23ClN2S/c1-3-4-5-6-7-8-9-17-13-15-11-12(10-14)16(13)2/h11H,3-10H2,1-2H3. The summed E-state index contributed by atoms with van der Waals surface area (Å²) in [4.78, 5) is 4.38. The number of imidazole rings is 1. The van der Waals surface area contributed by atoms with E-state index in [4.69, 9.17) is 11.6 Å². The van der Waals surface area contributed by atoms with Gasteiger partial charge in [-0.15, -0.1) is 11.6 Å². The summed E-state index contributed by atoms with van der Waals surface area (Å²) in [6.45, 7) is 2.26. The van der Waals surface area contributed by atoms with Gasteiger partial charge in [0.05, 0.1) is 17.8 Å². The molecule has 0 N–H and O–H groups in total. The average molecular weight is 275 g/mol. The highest BCUT2D eigenvalue weighted by molar-refractivity contribution is 7.99. The SMILES string of the molecule is CCCCCCCCSc1ncc(CCl)n1C. The Hall–Kier alpha value is -0.150. The highest BCUT2D eigenvalue weighted by atomic mass is 35.5. The van der Waals surface area contributed by atoms with E-state index in [1.807, 2.05) is 25.0 Å². The van der Waals surface area contributed by atoms with Gasteiger partial charge >= 0.3 is 0 Å². The molecule has 0 atom stereocenters. The van der Waals surface area contributed by atoms with Crippen molar-refractivity contribution in [2.45, 2.75) is 56.5 Å². The van der Waals surface area contributed by atoms with Gasteiger partial charge in [-0.2, -0.15) is 0 Å². The van der Waals surface area contributed by atoms with E-state index < -0.39 is 0 Å². The van der Waals surface area contributed by atoms with Crippen molar-refractivity contribution in [3.8, 4) is 0 Å². The number of aromatic nitrogens is 2. The minimum Gasteiger partial charge on any atom is -0.325 e. The van der Waals surface area contributed by atoms with E-state index in [1.54, 1.807) is 0 Å². The third kappa shape index (κ3) is 5.35. The number of halogens is 1. The van der Waals surface area contributed by atoms with E-state index in [-0.39, 0.29) is 0 Å². The molecule has 1 rings (SSSR count). The first-order chi connectivity index (χ1) is 8.29. The molecule has 0 aromatic carbocycles. The van der Waals surface area contributed by atoms with Gasteiger partial charge in [0.15, 0.2) is 5.16 Å². The quantitative estimate of drug-likeness (QED) is 0.372. The van der Waals surface area contributed by atoms with Crippen molar-refractivity contribution in [2.24, 2.45) is 7.05 Å². The number of hydrogen-bond donors (Lipinski definition) is 0. The van der Waals surface area contributed by atoms with E-state index in [2.05, 4.69) is 16.5 Å². The van der Waals surface area contributed by atoms with Crippen molar-refractivity contribution in [3.63, 3.8) is 0 Å². The van der Waals surface area contributed by atoms with Gasteiger partial charge in [0.1, 0.15) is 0 Å². The van der Waals surface area contributed by atoms with Gasteiger partial charge < -0.3 is 4.57 Å². The molecular formula is C13H23ClN2S. The summed E-state index contributed by atoms with van der Waals surface area (Å²) in [5, 5.41) is 1.09. The molecule has 98 valence electrons. The van der Waals surface area contributed by atoms with Crippen molar-refractivity contribution in [3.05, 3.63) is 11.9 Å². The number of hydrogen-bond acceptors (Lipinski definition) is 2. The summed E-state index contributed by atoms with van der Waals surface area (Å²) in [5.41, 5.74) is 1.09. The molecule has 0 aliphatic rings. The maximum Gasteiger partial charge on any atom is 0.167 e. The summed E-state index contributed by atoms with van der Waals surface area (Å²) in [6.07, 6.45) is 9.98. The van der Waals surface area contributed by atoms with Crippen LogP contribution < -0.4 is 0 Å². The molecule has 0 bridgehead atoms. The fourth-order valence-electron chi connectivity index (χ4n) is 1.73. The Morgan fingerprint density at radius 3 is 2.59 bits per heavy atom. The van der Waals surface area contributed by atoms with Crippen LogP contribution in [0.25, 0.3) is 0 Å². The fourth-order valence-corrected chi connectivity index (χ4v) is 2.95. The fraction of sp³-hybridized carbons (Fsp3) is 0.769. The lowest BCUT2D eigenvalue weighted by Gasteiger charge is -2.03. The first-order valence-electron chi connectivity index (χ1n) is 6.49. The van der Waals surface area contributed by atoms with Gasteiger partial charge in [-0.3, -0.25) is 0 Å². The number of nitrogens with zero attached hydrogens (tertiary/aromatic N) is 2. The molecular weight excluding hydrogens is 252 g/mol. The lowest BCUT2D eigenvalue weighted by molar-refractivity contribution is 0.626. The van der Waals surface area contributed by atoms with E-state index in [9.17, 15) is 0 Å². The van der Waals surface area contributed by atoms with Crippen LogP contribution in [0.1, 0.15) is 51.1 Å². The van der Waals surface area contributed by atoms with Crippen LogP contribution in [-0.4, -0.2) is 15.3 Å². The van der Waals surface area contributed by atoms with E-state index in [1.165, 1.54) is 44.3 Å². The second kappa shape index (κ2) is 8.87. The average Bonchev–Trinajstić information content (AvgIpc) is 2.69. The Morgan fingerprint density at radius 2 is 1.94 bits per heavy atom. The molecule has 0 saturated carbocycles. The van der Waals surface area contributed by atoms with Crippen LogP contribution in [0.2, 0.25) is 0 Å². The maximum absolute atomic E-state index is 5.81. The number of unbranched alkanes of at least 4 members (excludes halogenated alkanes) is 5. The zero-order chi connectivity index (χ0) is 12.5. The first-order valence-corrected chi connectivity index (χ1v) is 8.01. The van der Waals surface area contributed by atoms with Crippen molar-refractivity contribution in [1.29, 1.82) is 0 Å². The molecule has 0 fully saturated rings. The minimum absolute atomic E-state index is 0.543. The Bertz CT molecular complexity index is 312. The Morgan fingerprint density at radius 1 is 1.24 bits per heavy atom. The van der Waals surface area contributed by atoms with Crippen LogP contribution in [0.3, 0.4) is 0 Å². The van der Waals surface area contributed by atoms with Crippen LogP contribution in [0.15, 0.2) is 11.4 Å². The molecule has 1 aromatic rings. The zero-order valence-electron chi connectivity index (χ0n) is 10.9. The molecule has 0 aliphatic carbocycles. The number of alkyl halides is 1. The second-order valence-electron chi connectivity index (χ2n) is 4.34. The highest BCUT2D eigenvalue weighted by Gasteiger charge is 2.05. The normalized spacial score (nSPS) is 11.0. The molecule has 0 spiro atoms. The topological polar surface area (TPSA) is 17.8 Å². The summed E-state index contributed by atoms with van der Waals surface area (Å²) in [6, 6.07) is 0. The summed E-state index contributed by atoms with van der Waals surface area (Å²) in [5.74, 6) is 1.71. The van der Waals surface area contributed by atoms with Gasteiger partial charge in [0.2, 0.25) is 0 Å². The molecule has 0 amide bonds. The Labute approximate surface area is 114 Å². The molecule has 17 heavy (non-hydrogen) atoms. The van der Waals surface area contributed by atoms with Crippen molar-refractivity contribution < 1.29 is 0 Å². The molecule has 0 saturated heterocycles. The van der Waals surface area contributed by atoms with Gasteiger partial charge in [0.25, 0.3) is 0 Å². The van der Waals surface area contributed by atoms with Crippen LogP contribution in [0.5, 0.6) is 0 Å². The Balaban J connectivity index is 2.11. The van der Waals surface area contributed by atoms with Gasteiger partial charge in [-0.25, -0.2) is 4.98 Å². The molecule has 0 unspecified atom stereocenters. The monoisotopic (exact) mass is 274 g/mol. The smallest absolute Gasteiger partial charge is 0.167 e. The van der Waals surface area contributed by atoms with Gasteiger partial charge in [-0.05, 0) is 6.42 Å². The molecule has 0 radical (unpaired) electrons. The number of thioether (sulfide) groups is 1. The van der Waals surface area contributed by atoms with Gasteiger partial charge in [0, 0.05) is 12.8 Å². The van der Waals surface area contributed by atoms with Crippen molar-refractivity contribution >= 4 is 23.4 Å². The summed E-state index contributed by atoms with van der Waals surface area (Å²) >= 11 is 7.65. The van der Waals surface area contributed by atoms with Crippen LogP contribution >= 0.6 is 23.4 Å². The lowest BCUT2D eigenvalue weighted by Crippen LogP contribution is -1.96. The van der Waals surface area contributed by atoms with Crippen molar-refractivity contribution in [1.82, 2.24) is 9.55 Å². The first kappa shape index (κ1) is 14.9. The zero-order valence-corrected chi connectivity index (χ0v) is 12.5. The van der Waals surface area contributed by atoms with Gasteiger partial charge in [-0.1, -0.05) is 50.8 Å². The van der Waals surface area contributed by atoms with Crippen LogP contribution in [0.4, 0.5) is 0 Å². The second-order valence-corrected chi connectivity index (χ2v) is 5.67. The maximum atomic E-state index is 5.81. The predicted octanol–water partition coefficient (Wildman–Crippen LogP) is 4.61. The molecule has 2 nitrogen and oxygen atoms in total. The molecule has 0 aliphatic heterocycles. The number of rotatable bonds is 9. The summed E-state index contributed by atoms with van der Waals surface area (Å²) in [7, 11) is 2.04. The van der Waals surface area contributed by atoms with E-state index >= 15 is 0 Å². The lowest BCUT2D eigenvalue weighted by atomic mass is 10.1. The molecule has 1 heterocycles. The Kier molecular flexibility index (Phi) is 7.78. The summed E-state index contributed by atoms with van der Waals surface area (Å²) < 4.78 is 2.09. The van der Waals surface area contributed by atoms with Crippen molar-refractivity contribution in [2.75, 3.05) is 5.75 Å². The minimum atomic E-state index is 0.543. The highest BCUT2D eigenvalue weighted by Crippen LogP contribution is 2.20. The molecule has 1 aromatic heterocycles. The van der Waals surface area contributed by atoms with E-state index in [0.29, 0.717) is 5.88 Å². The van der Waals surface area contributed by atoms with E-state index in [0.717, 1.165) is 10.9 Å². The largest absolute Gasteiger partial charge is 0.325 e. The third-order valence-corrected chi connectivity index (χ3v) is 4.31. The third-order valence-electron chi connectivity index (χ3n) is 2.91. The predicted molar refractivity (Wildman–Crippen MR) is 76.9 cm³/mol. The van der Waals surface area contributed by atoms with Crippen LogP contribution in [-0.2, 0) is 12.9 Å². The molecule has 4 heteroatoms.